The Bertz CT molecular complexity index is 532. The molecule has 0 bridgehead atoms. The third kappa shape index (κ3) is 4.84. The molecule has 0 amide bonds. The van der Waals surface area contributed by atoms with E-state index in [2.05, 4.69) is 25.7 Å². The van der Waals surface area contributed by atoms with Gasteiger partial charge in [-0.15, -0.1) is 0 Å². The minimum Gasteiger partial charge on any atom is -0.373 e. The van der Waals surface area contributed by atoms with Crippen molar-refractivity contribution in [2.75, 3.05) is 6.54 Å². The maximum atomic E-state index is 13.3. The highest BCUT2D eigenvalue weighted by Crippen LogP contribution is 2.36. The topological polar surface area (TPSA) is 35.2 Å². The highest BCUT2D eigenvalue weighted by atomic mass is 19.1. The minimum atomic E-state index is -0.278. The Morgan fingerprint density at radius 2 is 2.05 bits per heavy atom. The smallest absolute Gasteiger partial charge is 0.124 e. The normalized spacial score (nSPS) is 18.1. The summed E-state index contributed by atoms with van der Waals surface area (Å²) in [4.78, 5) is 0. The molecular weight excluding hydrogens is 265 g/mol. The quantitative estimate of drug-likeness (QED) is 0.863. The van der Waals surface area contributed by atoms with E-state index in [9.17, 15) is 4.39 Å². The predicted octanol–water partition coefficient (Wildman–Crippen LogP) is 3.62. The molecule has 114 valence electrons. The minimum absolute atomic E-state index is 0.272. The first kappa shape index (κ1) is 16.0. The van der Waals surface area contributed by atoms with E-state index in [0.29, 0.717) is 23.7 Å². The zero-order chi connectivity index (χ0) is 15.3. The summed E-state index contributed by atoms with van der Waals surface area (Å²) in [5, 5.41) is 0. The maximum absolute atomic E-state index is 13.3. The average Bonchev–Trinajstić information content (AvgIpc) is 2.45. The van der Waals surface area contributed by atoms with Crippen molar-refractivity contribution in [3.05, 3.63) is 35.1 Å². The molecule has 0 aromatic heterocycles. The molecule has 1 saturated carbocycles. The van der Waals surface area contributed by atoms with Crippen LogP contribution in [0.25, 0.3) is 0 Å². The number of hydrogen-bond donors (Lipinski definition) is 1. The Morgan fingerprint density at radius 3 is 2.71 bits per heavy atom. The van der Waals surface area contributed by atoms with Crippen molar-refractivity contribution in [1.82, 2.24) is 0 Å². The van der Waals surface area contributed by atoms with Crippen molar-refractivity contribution in [2.24, 2.45) is 11.1 Å². The second kappa shape index (κ2) is 7.06. The van der Waals surface area contributed by atoms with Gasteiger partial charge in [0.05, 0.1) is 19.3 Å². The standard InChI is InChI=1S/C18H24FNO/c1-18(2)9-7-17(8-10-18)21-13-15-5-6-16(19)12-14(15)4-3-11-20/h5-6,12,17H,7-11,13,20H2,1-2H3. The predicted molar refractivity (Wildman–Crippen MR) is 83.2 cm³/mol. The molecule has 0 atom stereocenters. The fourth-order valence-electron chi connectivity index (χ4n) is 2.68. The number of ether oxygens (including phenoxy) is 1. The Hall–Kier alpha value is -1.37. The van der Waals surface area contributed by atoms with Crippen molar-refractivity contribution in [3.8, 4) is 11.8 Å². The lowest BCUT2D eigenvalue weighted by molar-refractivity contribution is -0.00567. The Labute approximate surface area is 126 Å². The van der Waals surface area contributed by atoms with Crippen LogP contribution in [0.5, 0.6) is 0 Å². The van der Waals surface area contributed by atoms with Crippen LogP contribution in [-0.4, -0.2) is 12.6 Å². The van der Waals surface area contributed by atoms with E-state index in [1.54, 1.807) is 6.07 Å². The van der Waals surface area contributed by atoms with Gasteiger partial charge in [0.1, 0.15) is 5.82 Å². The molecule has 0 radical (unpaired) electrons. The number of nitrogens with two attached hydrogens (primary N) is 1. The molecule has 2 nitrogen and oxygen atoms in total. The van der Waals surface area contributed by atoms with Crippen LogP contribution in [0.1, 0.15) is 50.7 Å². The largest absolute Gasteiger partial charge is 0.373 e. The molecule has 0 heterocycles. The third-order valence-corrected chi connectivity index (χ3v) is 4.16. The molecule has 0 saturated heterocycles. The Morgan fingerprint density at radius 1 is 1.33 bits per heavy atom. The van der Waals surface area contributed by atoms with Crippen LogP contribution in [0, 0.1) is 23.1 Å². The van der Waals surface area contributed by atoms with Gasteiger partial charge in [0.25, 0.3) is 0 Å². The first-order valence-electron chi connectivity index (χ1n) is 7.59. The van der Waals surface area contributed by atoms with Crippen LogP contribution in [0.15, 0.2) is 18.2 Å². The van der Waals surface area contributed by atoms with Gasteiger partial charge in [-0.2, -0.15) is 0 Å². The van der Waals surface area contributed by atoms with Crippen molar-refractivity contribution in [3.63, 3.8) is 0 Å². The Balaban J connectivity index is 1.97. The van der Waals surface area contributed by atoms with E-state index in [-0.39, 0.29) is 12.4 Å². The number of rotatable bonds is 3. The molecule has 1 aromatic rings. The zero-order valence-electron chi connectivity index (χ0n) is 12.9. The van der Waals surface area contributed by atoms with Gasteiger partial charge < -0.3 is 10.5 Å². The molecule has 0 aliphatic heterocycles. The first-order chi connectivity index (χ1) is 10.00. The fraction of sp³-hybridized carbons (Fsp3) is 0.556. The monoisotopic (exact) mass is 289 g/mol. The lowest BCUT2D eigenvalue weighted by Gasteiger charge is -2.34. The van der Waals surface area contributed by atoms with Crippen molar-refractivity contribution >= 4 is 0 Å². The van der Waals surface area contributed by atoms with Crippen molar-refractivity contribution in [2.45, 2.75) is 52.2 Å². The van der Waals surface area contributed by atoms with E-state index in [0.717, 1.165) is 18.4 Å². The molecule has 2 N–H and O–H groups in total. The van der Waals surface area contributed by atoms with Gasteiger partial charge in [-0.1, -0.05) is 31.8 Å². The summed E-state index contributed by atoms with van der Waals surface area (Å²) in [6, 6.07) is 4.66. The van der Waals surface area contributed by atoms with Gasteiger partial charge in [-0.25, -0.2) is 4.39 Å². The fourth-order valence-corrected chi connectivity index (χ4v) is 2.68. The average molecular weight is 289 g/mol. The number of hydrogen-bond acceptors (Lipinski definition) is 2. The van der Waals surface area contributed by atoms with Crippen LogP contribution in [0.3, 0.4) is 0 Å². The van der Waals surface area contributed by atoms with Gasteiger partial charge in [0, 0.05) is 5.56 Å². The Kier molecular flexibility index (Phi) is 5.39. The molecule has 2 rings (SSSR count). The van der Waals surface area contributed by atoms with E-state index in [1.807, 2.05) is 0 Å². The van der Waals surface area contributed by atoms with Crippen molar-refractivity contribution < 1.29 is 9.13 Å². The van der Waals surface area contributed by atoms with Crippen LogP contribution < -0.4 is 5.73 Å². The second-order valence-electron chi connectivity index (χ2n) is 6.48. The molecular formula is C18H24FNO. The summed E-state index contributed by atoms with van der Waals surface area (Å²) in [6.45, 7) is 5.38. The zero-order valence-corrected chi connectivity index (χ0v) is 12.9. The molecule has 0 spiro atoms. The van der Waals surface area contributed by atoms with Crippen LogP contribution >= 0.6 is 0 Å². The van der Waals surface area contributed by atoms with E-state index < -0.39 is 0 Å². The maximum Gasteiger partial charge on any atom is 0.124 e. The lowest BCUT2D eigenvalue weighted by atomic mass is 9.76. The van der Waals surface area contributed by atoms with Gasteiger partial charge in [-0.05, 0) is 48.8 Å². The van der Waals surface area contributed by atoms with Gasteiger partial charge >= 0.3 is 0 Å². The molecule has 21 heavy (non-hydrogen) atoms. The first-order valence-corrected chi connectivity index (χ1v) is 7.59. The van der Waals surface area contributed by atoms with Crippen molar-refractivity contribution in [1.29, 1.82) is 0 Å². The summed E-state index contributed by atoms with van der Waals surface area (Å²) in [7, 11) is 0. The SMILES string of the molecule is CC1(C)CCC(OCc2ccc(F)cc2C#CCN)CC1. The van der Waals surface area contributed by atoms with Gasteiger partial charge in [0.2, 0.25) is 0 Å². The van der Waals surface area contributed by atoms with E-state index >= 15 is 0 Å². The highest BCUT2D eigenvalue weighted by Gasteiger charge is 2.27. The van der Waals surface area contributed by atoms with Crippen LogP contribution in [-0.2, 0) is 11.3 Å². The summed E-state index contributed by atoms with van der Waals surface area (Å²) in [6.07, 6.45) is 4.89. The third-order valence-electron chi connectivity index (χ3n) is 4.16. The number of benzene rings is 1. The summed E-state index contributed by atoms with van der Waals surface area (Å²) >= 11 is 0. The van der Waals surface area contributed by atoms with Gasteiger partial charge in [0.15, 0.2) is 0 Å². The van der Waals surface area contributed by atoms with E-state index in [1.165, 1.54) is 25.0 Å². The molecule has 1 aromatic carbocycles. The van der Waals surface area contributed by atoms with E-state index in [4.69, 9.17) is 10.5 Å². The van der Waals surface area contributed by atoms with Gasteiger partial charge in [-0.3, -0.25) is 0 Å². The molecule has 1 aliphatic carbocycles. The summed E-state index contributed by atoms with van der Waals surface area (Å²) in [5.74, 6) is 5.42. The molecule has 3 heteroatoms. The lowest BCUT2D eigenvalue weighted by Crippen LogP contribution is -2.26. The molecule has 0 unspecified atom stereocenters. The highest BCUT2D eigenvalue weighted by molar-refractivity contribution is 5.41. The van der Waals surface area contributed by atoms with Crippen LogP contribution in [0.2, 0.25) is 0 Å². The van der Waals surface area contributed by atoms with Crippen LogP contribution in [0.4, 0.5) is 4.39 Å². The molecule has 1 aliphatic rings. The second-order valence-corrected chi connectivity index (χ2v) is 6.48. The molecule has 1 fully saturated rings. The summed E-state index contributed by atoms with van der Waals surface area (Å²) < 4.78 is 19.3. The number of halogens is 1. The summed E-state index contributed by atoms with van der Waals surface area (Å²) in [5.41, 5.74) is 7.43.